The fourth-order valence-electron chi connectivity index (χ4n) is 1.11. The predicted molar refractivity (Wildman–Crippen MR) is 46.9 cm³/mol. The Morgan fingerprint density at radius 3 is 2.69 bits per heavy atom. The zero-order chi connectivity index (χ0) is 12.3. The molecule has 0 radical (unpaired) electrons. The Labute approximate surface area is 88.6 Å². The largest absolute Gasteiger partial charge is 0.505 e. The van der Waals surface area contributed by atoms with Crippen LogP contribution in [0.4, 0.5) is 8.78 Å². The van der Waals surface area contributed by atoms with Gasteiger partial charge in [0.05, 0.1) is 12.1 Å². The molecule has 0 atom stereocenters. The van der Waals surface area contributed by atoms with E-state index in [4.69, 9.17) is 15.5 Å². The lowest BCUT2D eigenvalue weighted by Crippen LogP contribution is -2.07. The molecule has 1 heterocycles. The standard InChI is InChI=1S/C9H6F2N2O3/c10-9(11)4-1-7(14)6(3-12)13-5(4)2-8(15)16/h1,9,14H,2H2,(H,15,16). The highest BCUT2D eigenvalue weighted by Gasteiger charge is 2.19. The van der Waals surface area contributed by atoms with Gasteiger partial charge in [0.15, 0.2) is 11.4 Å². The van der Waals surface area contributed by atoms with Gasteiger partial charge in [-0.15, -0.1) is 0 Å². The monoisotopic (exact) mass is 228 g/mol. The number of aromatic hydroxyl groups is 1. The highest BCUT2D eigenvalue weighted by atomic mass is 19.3. The van der Waals surface area contributed by atoms with Crippen LogP contribution in [-0.4, -0.2) is 21.2 Å². The first kappa shape index (κ1) is 11.8. The molecule has 0 spiro atoms. The number of hydrogen-bond acceptors (Lipinski definition) is 4. The smallest absolute Gasteiger partial charge is 0.309 e. The van der Waals surface area contributed by atoms with Crippen LogP contribution in [0, 0.1) is 11.3 Å². The van der Waals surface area contributed by atoms with Gasteiger partial charge in [-0.3, -0.25) is 4.79 Å². The van der Waals surface area contributed by atoms with Crippen LogP contribution in [0.1, 0.15) is 23.4 Å². The van der Waals surface area contributed by atoms with Crippen molar-refractivity contribution in [3.8, 4) is 11.8 Å². The summed E-state index contributed by atoms with van der Waals surface area (Å²) >= 11 is 0. The lowest BCUT2D eigenvalue weighted by molar-refractivity contribution is -0.136. The van der Waals surface area contributed by atoms with E-state index >= 15 is 0 Å². The van der Waals surface area contributed by atoms with E-state index in [0.717, 1.165) is 0 Å². The molecule has 5 nitrogen and oxygen atoms in total. The van der Waals surface area contributed by atoms with Gasteiger partial charge in [-0.05, 0) is 6.07 Å². The van der Waals surface area contributed by atoms with E-state index in [1.807, 2.05) is 0 Å². The maximum Gasteiger partial charge on any atom is 0.309 e. The highest BCUT2D eigenvalue weighted by molar-refractivity contribution is 5.70. The number of aromatic nitrogens is 1. The summed E-state index contributed by atoms with van der Waals surface area (Å²) in [6.07, 6.45) is -3.69. The van der Waals surface area contributed by atoms with Crippen LogP contribution in [0.2, 0.25) is 0 Å². The number of carbonyl (C=O) groups is 1. The molecular weight excluding hydrogens is 222 g/mol. The van der Waals surface area contributed by atoms with Crippen LogP contribution in [-0.2, 0) is 11.2 Å². The second-order valence-electron chi connectivity index (χ2n) is 2.88. The molecule has 0 bridgehead atoms. The van der Waals surface area contributed by atoms with Crippen molar-refractivity contribution < 1.29 is 23.8 Å². The molecule has 16 heavy (non-hydrogen) atoms. The van der Waals surface area contributed by atoms with Gasteiger partial charge in [0, 0.05) is 5.56 Å². The van der Waals surface area contributed by atoms with Crippen molar-refractivity contribution in [3.05, 3.63) is 23.0 Å². The lowest BCUT2D eigenvalue weighted by Gasteiger charge is -2.07. The Morgan fingerprint density at radius 1 is 1.62 bits per heavy atom. The second-order valence-corrected chi connectivity index (χ2v) is 2.88. The van der Waals surface area contributed by atoms with Crippen LogP contribution in [0.15, 0.2) is 6.07 Å². The maximum absolute atomic E-state index is 12.5. The van der Waals surface area contributed by atoms with Gasteiger partial charge in [-0.25, -0.2) is 13.8 Å². The van der Waals surface area contributed by atoms with Gasteiger partial charge in [0.1, 0.15) is 6.07 Å². The summed E-state index contributed by atoms with van der Waals surface area (Å²) in [5, 5.41) is 26.1. The molecule has 84 valence electrons. The maximum atomic E-state index is 12.5. The summed E-state index contributed by atoms with van der Waals surface area (Å²) in [6.45, 7) is 0. The third-order valence-corrected chi connectivity index (χ3v) is 1.77. The molecule has 0 aliphatic carbocycles. The Bertz CT molecular complexity index is 469. The van der Waals surface area contributed by atoms with Crippen LogP contribution < -0.4 is 0 Å². The molecule has 0 amide bonds. The summed E-state index contributed by atoms with van der Waals surface area (Å²) in [4.78, 5) is 13.8. The molecule has 0 aliphatic heterocycles. The summed E-state index contributed by atoms with van der Waals surface area (Å²) in [7, 11) is 0. The zero-order valence-corrected chi connectivity index (χ0v) is 7.81. The Morgan fingerprint density at radius 2 is 2.25 bits per heavy atom. The topological polar surface area (TPSA) is 94.2 Å². The minimum atomic E-state index is -2.96. The van der Waals surface area contributed by atoms with E-state index in [1.165, 1.54) is 6.07 Å². The van der Waals surface area contributed by atoms with Crippen LogP contribution in [0.3, 0.4) is 0 Å². The number of nitrogens with zero attached hydrogens (tertiary/aromatic N) is 2. The van der Waals surface area contributed by atoms with Crippen molar-refractivity contribution in [1.82, 2.24) is 4.98 Å². The lowest BCUT2D eigenvalue weighted by atomic mass is 10.1. The minimum absolute atomic E-state index is 0.420. The summed E-state index contributed by atoms with van der Waals surface area (Å²) < 4.78 is 24.9. The SMILES string of the molecule is N#Cc1nc(CC(=O)O)c(C(F)F)cc1O. The fourth-order valence-corrected chi connectivity index (χ4v) is 1.11. The molecule has 1 aromatic rings. The number of hydrogen-bond donors (Lipinski definition) is 2. The third-order valence-electron chi connectivity index (χ3n) is 1.77. The second kappa shape index (κ2) is 4.53. The van der Waals surface area contributed by atoms with Crippen LogP contribution >= 0.6 is 0 Å². The van der Waals surface area contributed by atoms with Gasteiger partial charge >= 0.3 is 5.97 Å². The number of pyridine rings is 1. The normalized spacial score (nSPS) is 10.1. The van der Waals surface area contributed by atoms with Crippen molar-refractivity contribution >= 4 is 5.97 Å². The summed E-state index contributed by atoms with van der Waals surface area (Å²) in [5.74, 6) is -2.03. The van der Waals surface area contributed by atoms with Gasteiger partial charge in [0.25, 0.3) is 6.43 Å². The number of carboxylic acids is 1. The fraction of sp³-hybridized carbons (Fsp3) is 0.222. The van der Waals surface area contributed by atoms with Gasteiger partial charge in [-0.1, -0.05) is 0 Å². The number of alkyl halides is 2. The van der Waals surface area contributed by atoms with E-state index < -0.39 is 41.5 Å². The van der Waals surface area contributed by atoms with Gasteiger partial charge in [-0.2, -0.15) is 5.26 Å². The van der Waals surface area contributed by atoms with Crippen LogP contribution in [0.25, 0.3) is 0 Å². The van der Waals surface area contributed by atoms with Gasteiger partial charge < -0.3 is 10.2 Å². The van der Waals surface area contributed by atoms with E-state index in [-0.39, 0.29) is 0 Å². The average molecular weight is 228 g/mol. The molecule has 7 heteroatoms. The summed E-state index contributed by atoms with van der Waals surface area (Å²) in [6, 6.07) is 2.14. The predicted octanol–water partition coefficient (Wildman–Crippen LogP) is 1.22. The molecule has 1 aromatic heterocycles. The number of nitriles is 1. The van der Waals surface area contributed by atoms with Crippen molar-refractivity contribution in [1.29, 1.82) is 5.26 Å². The van der Waals surface area contributed by atoms with E-state index in [2.05, 4.69) is 4.98 Å². The quantitative estimate of drug-likeness (QED) is 0.811. The van der Waals surface area contributed by atoms with Crippen molar-refractivity contribution in [2.24, 2.45) is 0 Å². The molecule has 0 saturated heterocycles. The first-order valence-electron chi connectivity index (χ1n) is 4.08. The third kappa shape index (κ3) is 2.42. The first-order valence-corrected chi connectivity index (χ1v) is 4.08. The number of rotatable bonds is 3. The molecule has 0 aliphatic rings. The van der Waals surface area contributed by atoms with Gasteiger partial charge in [0.2, 0.25) is 0 Å². The number of aliphatic carboxylic acids is 1. The average Bonchev–Trinajstić information content (AvgIpc) is 2.19. The molecule has 0 aromatic carbocycles. The molecule has 0 unspecified atom stereocenters. The molecule has 0 fully saturated rings. The van der Waals surface area contributed by atoms with Crippen molar-refractivity contribution in [2.75, 3.05) is 0 Å². The number of halogens is 2. The number of carboxylic acid groups (broad SMARTS) is 1. The van der Waals surface area contributed by atoms with Crippen molar-refractivity contribution in [3.63, 3.8) is 0 Å². The molecule has 0 saturated carbocycles. The Balaban J connectivity index is 3.32. The molecule has 2 N–H and O–H groups in total. The molecule has 1 rings (SSSR count). The highest BCUT2D eigenvalue weighted by Crippen LogP contribution is 2.27. The van der Waals surface area contributed by atoms with Crippen molar-refractivity contribution in [2.45, 2.75) is 12.8 Å². The van der Waals surface area contributed by atoms with E-state index in [0.29, 0.717) is 6.07 Å². The molecular formula is C9H6F2N2O3. The zero-order valence-electron chi connectivity index (χ0n) is 7.81. The Hall–Kier alpha value is -2.23. The van der Waals surface area contributed by atoms with E-state index in [1.54, 1.807) is 0 Å². The summed E-state index contributed by atoms with van der Waals surface area (Å²) in [5.41, 5.74) is -1.57. The van der Waals surface area contributed by atoms with E-state index in [9.17, 15) is 13.6 Å². The minimum Gasteiger partial charge on any atom is -0.505 e. The Kier molecular flexibility index (Phi) is 3.35. The first-order chi connectivity index (χ1) is 7.45. The van der Waals surface area contributed by atoms with Crippen LogP contribution in [0.5, 0.6) is 5.75 Å².